The van der Waals surface area contributed by atoms with Crippen molar-refractivity contribution in [2.24, 2.45) is 17.6 Å². The van der Waals surface area contributed by atoms with Crippen LogP contribution in [0.25, 0.3) is 0 Å². The highest BCUT2D eigenvalue weighted by Crippen LogP contribution is 2.21. The van der Waals surface area contributed by atoms with Gasteiger partial charge in [0.25, 0.3) is 0 Å². The van der Waals surface area contributed by atoms with Gasteiger partial charge in [-0.2, -0.15) is 0 Å². The summed E-state index contributed by atoms with van der Waals surface area (Å²) in [6.45, 7) is 5.26. The van der Waals surface area contributed by atoms with Crippen molar-refractivity contribution in [2.45, 2.75) is 52.0 Å². The van der Waals surface area contributed by atoms with Crippen molar-refractivity contribution in [1.29, 1.82) is 0 Å². The van der Waals surface area contributed by atoms with Gasteiger partial charge in [-0.15, -0.1) is 0 Å². The van der Waals surface area contributed by atoms with Crippen molar-refractivity contribution in [3.05, 3.63) is 0 Å². The summed E-state index contributed by atoms with van der Waals surface area (Å²) >= 11 is 0. The van der Waals surface area contributed by atoms with Crippen LogP contribution < -0.4 is 5.73 Å². The highest BCUT2D eigenvalue weighted by atomic mass is 16.4. The van der Waals surface area contributed by atoms with Crippen LogP contribution in [0.2, 0.25) is 0 Å². The van der Waals surface area contributed by atoms with Crippen LogP contribution in [0.5, 0.6) is 0 Å². The van der Waals surface area contributed by atoms with Gasteiger partial charge in [0.2, 0.25) is 5.91 Å². The van der Waals surface area contributed by atoms with Crippen molar-refractivity contribution < 1.29 is 14.7 Å². The first-order valence-corrected chi connectivity index (χ1v) is 7.18. The average Bonchev–Trinajstić information content (AvgIpc) is 2.37. The van der Waals surface area contributed by atoms with E-state index < -0.39 is 12.0 Å². The Morgan fingerprint density at radius 2 is 2.05 bits per heavy atom. The number of carbonyl (C=O) groups excluding carboxylic acids is 1. The average molecular weight is 270 g/mol. The molecule has 0 aromatic rings. The Labute approximate surface area is 115 Å². The second kappa shape index (κ2) is 7.48. The second-order valence-corrected chi connectivity index (χ2v) is 5.87. The summed E-state index contributed by atoms with van der Waals surface area (Å²) in [6.07, 6.45) is 3.63. The molecular weight excluding hydrogens is 244 g/mol. The monoisotopic (exact) mass is 270 g/mol. The summed E-state index contributed by atoms with van der Waals surface area (Å²) in [5, 5.41) is 9.18. The van der Waals surface area contributed by atoms with Gasteiger partial charge in [-0.3, -0.25) is 4.79 Å². The normalized spacial score (nSPS) is 21.5. The van der Waals surface area contributed by atoms with Crippen LogP contribution in [-0.2, 0) is 9.59 Å². The van der Waals surface area contributed by atoms with E-state index in [-0.39, 0.29) is 11.8 Å². The van der Waals surface area contributed by atoms with E-state index in [9.17, 15) is 14.7 Å². The molecule has 1 heterocycles. The van der Waals surface area contributed by atoms with E-state index in [0.29, 0.717) is 31.8 Å². The minimum absolute atomic E-state index is 0.0526. The van der Waals surface area contributed by atoms with Gasteiger partial charge in [0.15, 0.2) is 0 Å². The minimum Gasteiger partial charge on any atom is -0.480 e. The number of aliphatic carboxylic acids is 1. The van der Waals surface area contributed by atoms with Crippen molar-refractivity contribution >= 4 is 11.9 Å². The van der Waals surface area contributed by atoms with Crippen LogP contribution in [0, 0.1) is 11.8 Å². The fraction of sp³-hybridized carbons (Fsp3) is 0.857. The molecule has 1 amide bonds. The van der Waals surface area contributed by atoms with Crippen molar-refractivity contribution in [1.82, 2.24) is 4.90 Å². The number of carboxylic acid groups (broad SMARTS) is 1. The lowest BCUT2D eigenvalue weighted by Gasteiger charge is -2.34. The van der Waals surface area contributed by atoms with E-state index >= 15 is 0 Å². The van der Waals surface area contributed by atoms with Gasteiger partial charge in [-0.1, -0.05) is 13.8 Å². The molecular formula is C14H26N2O3. The fourth-order valence-corrected chi connectivity index (χ4v) is 2.78. The lowest BCUT2D eigenvalue weighted by molar-refractivity contribution is -0.152. The Kier molecular flexibility index (Phi) is 6.28. The Hall–Kier alpha value is -1.10. The second-order valence-electron chi connectivity index (χ2n) is 5.87. The molecule has 2 atom stereocenters. The Bertz CT molecular complexity index is 318. The maximum Gasteiger partial charge on any atom is 0.326 e. The van der Waals surface area contributed by atoms with Crippen LogP contribution in [0.4, 0.5) is 0 Å². The van der Waals surface area contributed by atoms with Gasteiger partial charge in [0.1, 0.15) is 6.04 Å². The predicted octanol–water partition coefficient (Wildman–Crippen LogP) is 1.46. The number of nitrogens with zero attached hydrogens (tertiary/aromatic N) is 1. The molecule has 5 heteroatoms. The van der Waals surface area contributed by atoms with Gasteiger partial charge in [-0.05, 0) is 44.1 Å². The number of carbonyl (C=O) groups is 2. The third-order valence-corrected chi connectivity index (χ3v) is 3.71. The molecule has 0 aromatic heterocycles. The third kappa shape index (κ3) is 4.82. The fourth-order valence-electron chi connectivity index (χ4n) is 2.78. The summed E-state index contributed by atoms with van der Waals surface area (Å²) in [7, 11) is 0. The minimum atomic E-state index is -0.888. The molecule has 2 unspecified atom stereocenters. The molecule has 0 aromatic carbocycles. The van der Waals surface area contributed by atoms with Crippen molar-refractivity contribution in [2.75, 3.05) is 13.1 Å². The first-order valence-electron chi connectivity index (χ1n) is 7.18. The third-order valence-electron chi connectivity index (χ3n) is 3.71. The lowest BCUT2D eigenvalue weighted by atomic mass is 9.92. The zero-order valence-electron chi connectivity index (χ0n) is 12.0. The molecule has 3 N–H and O–H groups in total. The van der Waals surface area contributed by atoms with Crippen LogP contribution >= 0.6 is 0 Å². The molecule has 0 bridgehead atoms. The molecule has 0 aliphatic carbocycles. The molecule has 110 valence electrons. The Morgan fingerprint density at radius 1 is 1.37 bits per heavy atom. The van der Waals surface area contributed by atoms with E-state index in [2.05, 4.69) is 13.8 Å². The van der Waals surface area contributed by atoms with E-state index in [1.807, 2.05) is 0 Å². The quantitative estimate of drug-likeness (QED) is 0.765. The maximum atomic E-state index is 12.3. The number of hydrogen-bond acceptors (Lipinski definition) is 3. The standard InChI is InChI=1S/C14H26N2O3/c1-10(2)7-11(9-15)8-13(17)16-6-4-3-5-12(16)14(18)19/h10-12H,3-9,15H2,1-2H3,(H,18,19). The SMILES string of the molecule is CC(C)CC(CN)CC(=O)N1CCCCC1C(=O)O. The molecule has 5 nitrogen and oxygen atoms in total. The molecule has 0 radical (unpaired) electrons. The van der Waals surface area contributed by atoms with Gasteiger partial charge in [0, 0.05) is 13.0 Å². The van der Waals surface area contributed by atoms with Crippen LogP contribution in [0.1, 0.15) is 46.0 Å². The molecule has 1 aliphatic heterocycles. The number of likely N-dealkylation sites (tertiary alicyclic amines) is 1. The zero-order valence-corrected chi connectivity index (χ0v) is 12.0. The zero-order chi connectivity index (χ0) is 14.4. The number of hydrogen-bond donors (Lipinski definition) is 2. The molecule has 1 rings (SSSR count). The molecule has 19 heavy (non-hydrogen) atoms. The number of piperidine rings is 1. The Balaban J connectivity index is 2.61. The summed E-state index contributed by atoms with van der Waals surface area (Å²) in [5.41, 5.74) is 5.71. The van der Waals surface area contributed by atoms with Crippen LogP contribution in [0.15, 0.2) is 0 Å². The largest absolute Gasteiger partial charge is 0.480 e. The van der Waals surface area contributed by atoms with Gasteiger partial charge in [-0.25, -0.2) is 4.79 Å². The van der Waals surface area contributed by atoms with Crippen molar-refractivity contribution in [3.63, 3.8) is 0 Å². The van der Waals surface area contributed by atoms with Crippen LogP contribution in [-0.4, -0.2) is 41.0 Å². The smallest absolute Gasteiger partial charge is 0.326 e. The number of carboxylic acids is 1. The van der Waals surface area contributed by atoms with Crippen molar-refractivity contribution in [3.8, 4) is 0 Å². The molecule has 0 spiro atoms. The molecule has 1 saturated heterocycles. The van der Waals surface area contributed by atoms with E-state index in [4.69, 9.17) is 5.73 Å². The number of amides is 1. The molecule has 1 fully saturated rings. The summed E-state index contributed by atoms with van der Waals surface area (Å²) in [4.78, 5) is 25.0. The summed E-state index contributed by atoms with van der Waals surface area (Å²) < 4.78 is 0. The lowest BCUT2D eigenvalue weighted by Crippen LogP contribution is -2.48. The van der Waals surface area contributed by atoms with Gasteiger partial charge in [0.05, 0.1) is 0 Å². The van der Waals surface area contributed by atoms with E-state index in [0.717, 1.165) is 19.3 Å². The highest BCUT2D eigenvalue weighted by molar-refractivity contribution is 5.84. The predicted molar refractivity (Wildman–Crippen MR) is 73.6 cm³/mol. The molecule has 0 saturated carbocycles. The molecule has 1 aliphatic rings. The van der Waals surface area contributed by atoms with E-state index in [1.165, 1.54) is 4.90 Å². The first-order chi connectivity index (χ1) is 8.95. The number of nitrogens with two attached hydrogens (primary N) is 1. The number of rotatable bonds is 6. The maximum absolute atomic E-state index is 12.3. The highest BCUT2D eigenvalue weighted by Gasteiger charge is 2.32. The Morgan fingerprint density at radius 3 is 2.58 bits per heavy atom. The summed E-state index contributed by atoms with van der Waals surface area (Å²) in [6, 6.07) is -0.640. The van der Waals surface area contributed by atoms with Gasteiger partial charge < -0.3 is 15.7 Å². The van der Waals surface area contributed by atoms with Crippen LogP contribution in [0.3, 0.4) is 0 Å². The summed E-state index contributed by atoms with van der Waals surface area (Å²) in [5.74, 6) is -0.286. The van der Waals surface area contributed by atoms with Gasteiger partial charge >= 0.3 is 5.97 Å². The first kappa shape index (κ1) is 16.0. The topological polar surface area (TPSA) is 83.6 Å². The van der Waals surface area contributed by atoms with E-state index in [1.54, 1.807) is 0 Å².